The minimum atomic E-state index is 0.179. The van der Waals surface area contributed by atoms with Gasteiger partial charge in [-0.2, -0.15) is 0 Å². The van der Waals surface area contributed by atoms with Crippen LogP contribution in [0, 0.1) is 23.7 Å². The summed E-state index contributed by atoms with van der Waals surface area (Å²) in [4.78, 5) is 15.2. The molecule has 2 aromatic heterocycles. The molecule has 5 aliphatic carbocycles. The molecular formula is C59H44N4. The molecule has 0 aliphatic heterocycles. The largest absolute Gasteiger partial charge is 0.309 e. The summed E-state index contributed by atoms with van der Waals surface area (Å²) in [5, 5.41) is 4.94. The number of nitrogens with zero attached hydrogens (tertiary/aromatic N) is 4. The first kappa shape index (κ1) is 35.4. The van der Waals surface area contributed by atoms with Crippen molar-refractivity contribution in [3.63, 3.8) is 0 Å². The smallest absolute Gasteiger partial charge is 0.164 e. The Morgan fingerprint density at radius 2 is 1.00 bits per heavy atom. The van der Waals surface area contributed by atoms with Gasteiger partial charge in [0.2, 0.25) is 0 Å². The lowest BCUT2D eigenvalue weighted by atomic mass is 9.43. The van der Waals surface area contributed by atoms with Gasteiger partial charge < -0.3 is 4.57 Å². The van der Waals surface area contributed by atoms with Gasteiger partial charge in [0.25, 0.3) is 0 Å². The van der Waals surface area contributed by atoms with Crippen LogP contribution in [0.5, 0.6) is 0 Å². The molecule has 4 heteroatoms. The van der Waals surface area contributed by atoms with Crippen LogP contribution in [0.2, 0.25) is 0 Å². The standard InChI is InChI=1S/C59H44N4/c1-3-13-39(14-4-1)56-60-57(40-15-5-2-6-16-40)62-58(61-56)43-17-11-18-46(33-43)63-54-27-24-42(35-51(54)49-25-22-38-12-7-8-19-47(38)55(49)63)41-23-26-53-50(34-41)48-20-9-10-21-52(48)59(53)44-29-36-28-37(31-44)32-45(59)30-36/h1-27,33-37,44-45H,28-32H2. The molecule has 63 heavy (non-hydrogen) atoms. The van der Waals surface area contributed by atoms with Crippen molar-refractivity contribution in [3.8, 4) is 62.1 Å². The molecule has 4 saturated carbocycles. The van der Waals surface area contributed by atoms with Crippen LogP contribution in [-0.2, 0) is 5.41 Å². The van der Waals surface area contributed by atoms with Crippen LogP contribution in [0.4, 0.5) is 0 Å². The Bertz CT molecular complexity index is 3390. The van der Waals surface area contributed by atoms with Crippen molar-refractivity contribution in [1.82, 2.24) is 19.5 Å². The number of hydrogen-bond donors (Lipinski definition) is 0. The van der Waals surface area contributed by atoms with E-state index in [4.69, 9.17) is 15.0 Å². The fourth-order valence-electron chi connectivity index (χ4n) is 13.3. The van der Waals surface area contributed by atoms with E-state index in [9.17, 15) is 0 Å². The van der Waals surface area contributed by atoms with Gasteiger partial charge in [-0.15, -0.1) is 0 Å². The van der Waals surface area contributed by atoms with E-state index >= 15 is 0 Å². The summed E-state index contributed by atoms with van der Waals surface area (Å²) < 4.78 is 2.45. The van der Waals surface area contributed by atoms with Crippen LogP contribution in [0.3, 0.4) is 0 Å². The average molecular weight is 809 g/mol. The lowest BCUT2D eigenvalue weighted by Gasteiger charge is -2.61. The second-order valence-electron chi connectivity index (χ2n) is 18.8. The lowest BCUT2D eigenvalue weighted by molar-refractivity contribution is -0.0399. The number of fused-ring (bicyclic) bond motifs is 8. The molecule has 5 aliphatic rings. The van der Waals surface area contributed by atoms with Gasteiger partial charge in [0.05, 0.1) is 11.0 Å². The molecule has 0 amide bonds. The Hall–Kier alpha value is -7.17. The molecule has 4 fully saturated rings. The van der Waals surface area contributed by atoms with E-state index in [2.05, 4.69) is 150 Å². The van der Waals surface area contributed by atoms with Crippen molar-refractivity contribution >= 4 is 32.6 Å². The van der Waals surface area contributed by atoms with Gasteiger partial charge in [-0.3, -0.25) is 0 Å². The molecule has 0 unspecified atom stereocenters. The van der Waals surface area contributed by atoms with Crippen molar-refractivity contribution in [2.75, 3.05) is 0 Å². The summed E-state index contributed by atoms with van der Waals surface area (Å²) in [5.41, 5.74) is 15.2. The highest BCUT2D eigenvalue weighted by Crippen LogP contribution is 2.69. The van der Waals surface area contributed by atoms with Gasteiger partial charge in [0, 0.05) is 44.0 Å². The maximum absolute atomic E-state index is 5.10. The molecule has 10 aromatic rings. The third-order valence-corrected chi connectivity index (χ3v) is 15.6. The van der Waals surface area contributed by atoms with Crippen molar-refractivity contribution in [2.24, 2.45) is 23.7 Å². The Morgan fingerprint density at radius 3 is 1.75 bits per heavy atom. The minimum absolute atomic E-state index is 0.179. The quantitative estimate of drug-likeness (QED) is 0.174. The zero-order chi connectivity index (χ0) is 41.2. The highest BCUT2D eigenvalue weighted by molar-refractivity contribution is 6.19. The second kappa shape index (κ2) is 13.4. The summed E-state index contributed by atoms with van der Waals surface area (Å²) in [7, 11) is 0. The van der Waals surface area contributed by atoms with Gasteiger partial charge in [-0.05, 0) is 125 Å². The van der Waals surface area contributed by atoms with Crippen molar-refractivity contribution in [3.05, 3.63) is 193 Å². The second-order valence-corrected chi connectivity index (χ2v) is 18.8. The Balaban J connectivity index is 0.932. The maximum atomic E-state index is 5.10. The van der Waals surface area contributed by atoms with Crippen molar-refractivity contribution in [1.29, 1.82) is 0 Å². The van der Waals surface area contributed by atoms with Gasteiger partial charge in [0.15, 0.2) is 17.5 Å². The molecule has 8 aromatic carbocycles. The van der Waals surface area contributed by atoms with Crippen LogP contribution >= 0.6 is 0 Å². The van der Waals surface area contributed by atoms with Crippen LogP contribution in [0.1, 0.15) is 43.2 Å². The molecule has 0 radical (unpaired) electrons. The fourth-order valence-corrected chi connectivity index (χ4v) is 13.3. The Kier molecular flexibility index (Phi) is 7.54. The topological polar surface area (TPSA) is 43.6 Å². The minimum Gasteiger partial charge on any atom is -0.309 e. The summed E-state index contributed by atoms with van der Waals surface area (Å²) in [5.74, 6) is 5.36. The molecule has 0 saturated heterocycles. The molecule has 15 rings (SSSR count). The zero-order valence-corrected chi connectivity index (χ0v) is 35.0. The Labute approximate surface area is 367 Å². The van der Waals surface area contributed by atoms with E-state index in [1.165, 1.54) is 86.9 Å². The highest BCUT2D eigenvalue weighted by Gasteiger charge is 2.61. The van der Waals surface area contributed by atoms with Gasteiger partial charge in [-0.1, -0.05) is 152 Å². The molecule has 4 nitrogen and oxygen atoms in total. The molecule has 300 valence electrons. The molecule has 1 spiro atoms. The highest BCUT2D eigenvalue weighted by atomic mass is 15.0. The van der Waals surface area contributed by atoms with E-state index in [0.717, 1.165) is 46.0 Å². The Morgan fingerprint density at radius 1 is 0.397 bits per heavy atom. The molecular weight excluding hydrogens is 765 g/mol. The third kappa shape index (κ3) is 5.18. The van der Waals surface area contributed by atoms with E-state index < -0.39 is 0 Å². The van der Waals surface area contributed by atoms with Crippen LogP contribution < -0.4 is 0 Å². The summed E-state index contributed by atoms with van der Waals surface area (Å²) in [6.07, 6.45) is 7.08. The van der Waals surface area contributed by atoms with E-state index in [1.54, 1.807) is 11.1 Å². The monoisotopic (exact) mass is 808 g/mol. The first-order valence-corrected chi connectivity index (χ1v) is 22.9. The SMILES string of the molecule is c1ccc(-c2nc(-c3ccccc3)nc(-c3cccc(-n4c5ccc(-c6ccc7c(c6)-c6ccccc6C76C7CC8CC(C7)CC6C8)cc5c5ccc6ccccc6c54)c3)n2)cc1. The predicted molar refractivity (Wildman–Crippen MR) is 257 cm³/mol. The van der Waals surface area contributed by atoms with Gasteiger partial charge in [0.1, 0.15) is 0 Å². The van der Waals surface area contributed by atoms with Gasteiger partial charge >= 0.3 is 0 Å². The van der Waals surface area contributed by atoms with Crippen molar-refractivity contribution < 1.29 is 0 Å². The van der Waals surface area contributed by atoms with Crippen LogP contribution in [0.15, 0.2) is 182 Å². The lowest BCUT2D eigenvalue weighted by Crippen LogP contribution is -2.55. The maximum Gasteiger partial charge on any atom is 0.164 e. The van der Waals surface area contributed by atoms with Crippen molar-refractivity contribution in [2.45, 2.75) is 37.5 Å². The number of hydrogen-bond acceptors (Lipinski definition) is 3. The number of rotatable bonds is 5. The average Bonchev–Trinajstić information content (AvgIpc) is 3.84. The summed E-state index contributed by atoms with van der Waals surface area (Å²) in [6, 6.07) is 66.6. The predicted octanol–water partition coefficient (Wildman–Crippen LogP) is 14.5. The van der Waals surface area contributed by atoms with E-state index in [1.807, 2.05) is 36.4 Å². The van der Waals surface area contributed by atoms with E-state index in [-0.39, 0.29) is 5.41 Å². The van der Waals surface area contributed by atoms with Crippen LogP contribution in [0.25, 0.3) is 94.7 Å². The van der Waals surface area contributed by atoms with Crippen LogP contribution in [-0.4, -0.2) is 19.5 Å². The molecule has 0 N–H and O–H groups in total. The molecule has 0 atom stereocenters. The fraction of sp³-hybridized carbons (Fsp3) is 0.169. The zero-order valence-electron chi connectivity index (χ0n) is 35.0. The number of benzene rings is 8. The summed E-state index contributed by atoms with van der Waals surface area (Å²) in [6.45, 7) is 0. The number of aromatic nitrogens is 4. The first-order valence-electron chi connectivity index (χ1n) is 22.9. The third-order valence-electron chi connectivity index (χ3n) is 15.6. The van der Waals surface area contributed by atoms with Gasteiger partial charge in [-0.25, -0.2) is 15.0 Å². The summed E-state index contributed by atoms with van der Waals surface area (Å²) >= 11 is 0. The van der Waals surface area contributed by atoms with E-state index in [0.29, 0.717) is 17.5 Å². The normalized spacial score (nSPS) is 21.7. The molecule has 2 heterocycles. The molecule has 4 bridgehead atoms. The first-order chi connectivity index (χ1) is 31.2.